The second-order valence-electron chi connectivity index (χ2n) is 7.74. The molecule has 32 heavy (non-hydrogen) atoms. The van der Waals surface area contributed by atoms with Gasteiger partial charge in [0, 0.05) is 18.0 Å². The number of amides is 1. The lowest BCUT2D eigenvalue weighted by atomic mass is 10.0. The van der Waals surface area contributed by atoms with Gasteiger partial charge in [0.05, 0.1) is 0 Å². The Labute approximate surface area is 186 Å². The minimum absolute atomic E-state index is 0.0600. The van der Waals surface area contributed by atoms with E-state index in [1.807, 2.05) is 31.2 Å². The first-order valence-corrected chi connectivity index (χ1v) is 10.7. The summed E-state index contributed by atoms with van der Waals surface area (Å²) in [5.41, 5.74) is 0.591. The van der Waals surface area contributed by atoms with Crippen LogP contribution in [0.25, 0.3) is 11.0 Å². The molecule has 0 bridgehead atoms. The molecule has 0 saturated carbocycles. The number of unbranched alkanes of at least 4 members (excludes halogenated alkanes) is 1. The van der Waals surface area contributed by atoms with Crippen LogP contribution >= 0.6 is 0 Å². The molecule has 7 heteroatoms. The van der Waals surface area contributed by atoms with Crippen molar-refractivity contribution in [2.45, 2.75) is 39.5 Å². The Morgan fingerprint density at radius 1 is 1.03 bits per heavy atom. The first kappa shape index (κ1) is 23.1. The Hall–Kier alpha value is -3.61. The van der Waals surface area contributed by atoms with Crippen molar-refractivity contribution >= 4 is 22.8 Å². The maximum absolute atomic E-state index is 12.2. The number of hydrogen-bond donors (Lipinski definition) is 1. The normalized spacial score (nSPS) is 10.9. The Balaban J connectivity index is 1.63. The van der Waals surface area contributed by atoms with Gasteiger partial charge in [0.25, 0.3) is 5.91 Å². The molecule has 0 radical (unpaired) electrons. The summed E-state index contributed by atoms with van der Waals surface area (Å²) in [5, 5.41) is 3.24. The summed E-state index contributed by atoms with van der Waals surface area (Å²) in [6.07, 6.45) is 1.76. The molecule has 1 heterocycles. The van der Waals surface area contributed by atoms with Crippen molar-refractivity contribution in [3.8, 4) is 11.5 Å². The number of nitrogens with one attached hydrogen (secondary N) is 1. The Bertz CT molecular complexity index is 1150. The molecule has 0 atom stereocenters. The van der Waals surface area contributed by atoms with E-state index >= 15 is 0 Å². The van der Waals surface area contributed by atoms with Gasteiger partial charge in [-0.25, -0.2) is 9.59 Å². The number of carbonyl (C=O) groups excluding carboxylic acids is 2. The van der Waals surface area contributed by atoms with Crippen LogP contribution in [0, 0.1) is 0 Å². The first-order chi connectivity index (χ1) is 15.4. The predicted octanol–water partition coefficient (Wildman–Crippen LogP) is 4.43. The minimum atomic E-state index is -0.747. The molecule has 2 aromatic carbocycles. The molecule has 1 amide bonds. The number of benzene rings is 2. The number of rotatable bonds is 9. The summed E-state index contributed by atoms with van der Waals surface area (Å²) in [5.74, 6) is 0.133. The zero-order valence-electron chi connectivity index (χ0n) is 18.5. The molecular weight excluding hydrogens is 410 g/mol. The molecular formula is C25H27NO6. The molecule has 0 aliphatic rings. The van der Waals surface area contributed by atoms with Gasteiger partial charge < -0.3 is 19.2 Å². The van der Waals surface area contributed by atoms with E-state index in [4.69, 9.17) is 13.9 Å². The third-order valence-electron chi connectivity index (χ3n) is 4.90. The predicted molar refractivity (Wildman–Crippen MR) is 121 cm³/mol. The van der Waals surface area contributed by atoms with Crippen LogP contribution < -0.4 is 20.4 Å². The molecule has 0 unspecified atom stereocenters. The van der Waals surface area contributed by atoms with Gasteiger partial charge in [-0.05, 0) is 48.2 Å². The number of carbonyl (C=O) groups is 2. The van der Waals surface area contributed by atoms with Crippen molar-refractivity contribution in [2.24, 2.45) is 0 Å². The summed E-state index contributed by atoms with van der Waals surface area (Å²) in [4.78, 5) is 36.5. The van der Waals surface area contributed by atoms with Crippen molar-refractivity contribution in [1.29, 1.82) is 0 Å². The van der Waals surface area contributed by atoms with Crippen molar-refractivity contribution in [3.05, 3.63) is 70.1 Å². The van der Waals surface area contributed by atoms with Gasteiger partial charge in [-0.3, -0.25) is 4.79 Å². The van der Waals surface area contributed by atoms with Crippen LogP contribution in [0.1, 0.15) is 55.5 Å². The van der Waals surface area contributed by atoms with Gasteiger partial charge in [-0.2, -0.15) is 0 Å². The first-order valence-electron chi connectivity index (χ1n) is 10.7. The Kier molecular flexibility index (Phi) is 7.65. The SMILES string of the molecule is CCCCNC(=O)c1cc2ccc(OC(=O)COc3ccc(C(C)C)cc3)cc2oc1=O. The molecule has 168 valence electrons. The maximum Gasteiger partial charge on any atom is 0.349 e. The molecule has 0 aliphatic carbocycles. The van der Waals surface area contributed by atoms with Crippen LogP contribution in [0.3, 0.4) is 0 Å². The van der Waals surface area contributed by atoms with Gasteiger partial charge in [-0.15, -0.1) is 0 Å². The van der Waals surface area contributed by atoms with E-state index < -0.39 is 17.5 Å². The molecule has 1 N–H and O–H groups in total. The average molecular weight is 437 g/mol. The molecule has 3 aromatic rings. The Morgan fingerprint density at radius 2 is 1.75 bits per heavy atom. The summed E-state index contributed by atoms with van der Waals surface area (Å²) in [6, 6.07) is 13.6. The van der Waals surface area contributed by atoms with Crippen LogP contribution in [-0.4, -0.2) is 25.0 Å². The van der Waals surface area contributed by atoms with Crippen molar-refractivity contribution in [3.63, 3.8) is 0 Å². The zero-order valence-corrected chi connectivity index (χ0v) is 18.5. The average Bonchev–Trinajstić information content (AvgIpc) is 2.77. The number of hydrogen-bond acceptors (Lipinski definition) is 6. The number of fused-ring (bicyclic) bond motifs is 1. The van der Waals surface area contributed by atoms with E-state index in [1.54, 1.807) is 12.1 Å². The molecule has 0 aliphatic heterocycles. The zero-order chi connectivity index (χ0) is 23.1. The largest absolute Gasteiger partial charge is 0.482 e. The highest BCUT2D eigenvalue weighted by atomic mass is 16.6. The molecule has 1 aromatic heterocycles. The third kappa shape index (κ3) is 5.97. The summed E-state index contributed by atoms with van der Waals surface area (Å²) >= 11 is 0. The Morgan fingerprint density at radius 3 is 2.44 bits per heavy atom. The van der Waals surface area contributed by atoms with E-state index in [0.717, 1.165) is 12.8 Å². The van der Waals surface area contributed by atoms with Crippen LogP contribution in [0.15, 0.2) is 57.7 Å². The highest BCUT2D eigenvalue weighted by Crippen LogP contribution is 2.21. The van der Waals surface area contributed by atoms with Gasteiger partial charge in [0.15, 0.2) is 6.61 Å². The van der Waals surface area contributed by atoms with Crippen molar-refractivity contribution < 1.29 is 23.5 Å². The van der Waals surface area contributed by atoms with E-state index in [-0.39, 0.29) is 23.5 Å². The van der Waals surface area contributed by atoms with E-state index in [9.17, 15) is 14.4 Å². The minimum Gasteiger partial charge on any atom is -0.482 e. The van der Waals surface area contributed by atoms with E-state index in [1.165, 1.54) is 17.7 Å². The molecule has 0 spiro atoms. The number of esters is 1. The molecule has 7 nitrogen and oxygen atoms in total. The van der Waals surface area contributed by atoms with Crippen LogP contribution in [-0.2, 0) is 4.79 Å². The topological polar surface area (TPSA) is 94.8 Å². The van der Waals surface area contributed by atoms with Crippen LogP contribution in [0.4, 0.5) is 0 Å². The van der Waals surface area contributed by atoms with Crippen molar-refractivity contribution in [2.75, 3.05) is 13.2 Å². The molecule has 0 saturated heterocycles. The lowest BCUT2D eigenvalue weighted by molar-refractivity contribution is -0.136. The monoisotopic (exact) mass is 437 g/mol. The highest BCUT2D eigenvalue weighted by molar-refractivity contribution is 5.96. The smallest absolute Gasteiger partial charge is 0.349 e. The standard InChI is InChI=1S/C25H27NO6/c1-4-5-12-26-24(28)21-13-18-8-11-20(14-22(18)32-25(21)29)31-23(27)15-30-19-9-6-17(7-10-19)16(2)3/h6-11,13-14,16H,4-5,12,15H2,1-3H3,(H,26,28). The lowest BCUT2D eigenvalue weighted by Crippen LogP contribution is -2.28. The fraction of sp³-hybridized carbons (Fsp3) is 0.320. The second kappa shape index (κ2) is 10.6. The van der Waals surface area contributed by atoms with Gasteiger partial charge in [0.1, 0.15) is 22.6 Å². The van der Waals surface area contributed by atoms with Gasteiger partial charge >= 0.3 is 11.6 Å². The van der Waals surface area contributed by atoms with Gasteiger partial charge in [0.2, 0.25) is 0 Å². The van der Waals surface area contributed by atoms with E-state index in [2.05, 4.69) is 19.2 Å². The van der Waals surface area contributed by atoms with Crippen LogP contribution in [0.5, 0.6) is 11.5 Å². The summed E-state index contributed by atoms with van der Waals surface area (Å²) < 4.78 is 16.0. The fourth-order valence-corrected chi connectivity index (χ4v) is 3.04. The quantitative estimate of drug-likeness (QED) is 0.230. The lowest BCUT2D eigenvalue weighted by Gasteiger charge is -2.09. The third-order valence-corrected chi connectivity index (χ3v) is 4.90. The highest BCUT2D eigenvalue weighted by Gasteiger charge is 2.14. The number of ether oxygens (including phenoxy) is 2. The fourth-order valence-electron chi connectivity index (χ4n) is 3.04. The van der Waals surface area contributed by atoms with Gasteiger partial charge in [-0.1, -0.05) is 39.3 Å². The molecule has 3 rings (SSSR count). The van der Waals surface area contributed by atoms with Crippen molar-refractivity contribution in [1.82, 2.24) is 5.32 Å². The molecule has 0 fully saturated rings. The second-order valence-corrected chi connectivity index (χ2v) is 7.74. The van der Waals surface area contributed by atoms with E-state index in [0.29, 0.717) is 23.6 Å². The van der Waals surface area contributed by atoms with Crippen LogP contribution in [0.2, 0.25) is 0 Å². The summed E-state index contributed by atoms with van der Waals surface area (Å²) in [7, 11) is 0. The summed E-state index contributed by atoms with van der Waals surface area (Å²) in [6.45, 7) is 6.44. The maximum atomic E-state index is 12.2.